The Labute approximate surface area is 269 Å². The number of carbonyl (C=O) groups is 2. The van der Waals surface area contributed by atoms with Crippen LogP contribution in [-0.2, 0) is 20.4 Å². The summed E-state index contributed by atoms with van der Waals surface area (Å²) in [7, 11) is -3.68. The molecule has 1 heterocycles. The minimum atomic E-state index is -4.60. The van der Waals surface area contributed by atoms with Gasteiger partial charge in [0.25, 0.3) is 5.91 Å². The van der Waals surface area contributed by atoms with Gasteiger partial charge in [-0.05, 0) is 81.5 Å². The van der Waals surface area contributed by atoms with Gasteiger partial charge < -0.3 is 20.7 Å². The van der Waals surface area contributed by atoms with Crippen LogP contribution in [0.1, 0.15) is 61.9 Å². The van der Waals surface area contributed by atoms with Gasteiger partial charge in [-0.1, -0.05) is 23.7 Å². The number of carbonyl (C=O) groups excluding carboxylic acids is 2. The molecule has 0 saturated heterocycles. The van der Waals surface area contributed by atoms with Crippen LogP contribution in [0.3, 0.4) is 0 Å². The average molecular weight is 684 g/mol. The summed E-state index contributed by atoms with van der Waals surface area (Å²) >= 11 is 6.01. The molecular formula is C29H33ClF3N7O5S. The standard InChI is InChI=1S/C29H33ClF3N7O5S/c1-18(2)46(43,44)40-23(41)5-3-4-16-34-24(42)19-6-12-22(13-7-19)35-25-36-26(38-27(37-25)45-17-29(31,32)33)39-28(14-15-28)20-8-10-21(30)11-9-20/h6-13,18H,3-5,14-17H2,1-2H3,(H,34,42)(H,40,41)(H2,35,36,37,38,39). The third kappa shape index (κ3) is 10.2. The van der Waals surface area contributed by atoms with Crippen LogP contribution in [0.2, 0.25) is 5.02 Å². The van der Waals surface area contributed by atoms with Gasteiger partial charge in [-0.25, -0.2) is 8.42 Å². The number of nitrogens with zero attached hydrogens (tertiary/aromatic N) is 3. The second-order valence-corrected chi connectivity index (χ2v) is 13.6. The van der Waals surface area contributed by atoms with Crippen LogP contribution in [0.5, 0.6) is 6.01 Å². The van der Waals surface area contributed by atoms with Crippen LogP contribution in [0.25, 0.3) is 0 Å². The Bertz CT molecular complexity index is 1640. The fourth-order valence-corrected chi connectivity index (χ4v) is 4.93. The Morgan fingerprint density at radius 1 is 0.978 bits per heavy atom. The summed E-state index contributed by atoms with van der Waals surface area (Å²) in [6, 6.07) is 12.9. The molecule has 46 heavy (non-hydrogen) atoms. The molecule has 0 aliphatic heterocycles. The molecule has 17 heteroatoms. The lowest BCUT2D eigenvalue weighted by atomic mass is 10.1. The van der Waals surface area contributed by atoms with Gasteiger partial charge in [0.2, 0.25) is 27.8 Å². The molecule has 1 aliphatic carbocycles. The van der Waals surface area contributed by atoms with E-state index in [-0.39, 0.29) is 30.8 Å². The zero-order chi connectivity index (χ0) is 33.5. The maximum atomic E-state index is 12.8. The Balaban J connectivity index is 1.35. The van der Waals surface area contributed by atoms with Crippen molar-refractivity contribution in [1.82, 2.24) is 25.0 Å². The summed E-state index contributed by atoms with van der Waals surface area (Å²) in [6.07, 6.45) is -2.29. The number of halogens is 4. The third-order valence-electron chi connectivity index (χ3n) is 6.87. The second kappa shape index (κ2) is 14.5. The Morgan fingerprint density at radius 2 is 1.63 bits per heavy atom. The van der Waals surface area contributed by atoms with Crippen molar-refractivity contribution in [2.75, 3.05) is 23.8 Å². The van der Waals surface area contributed by atoms with E-state index in [1.54, 1.807) is 24.3 Å². The number of ether oxygens (including phenoxy) is 1. The number of sulfonamides is 1. The van der Waals surface area contributed by atoms with Gasteiger partial charge >= 0.3 is 12.2 Å². The van der Waals surface area contributed by atoms with Gasteiger partial charge in [0, 0.05) is 29.2 Å². The van der Waals surface area contributed by atoms with Crippen molar-refractivity contribution >= 4 is 51.0 Å². The molecule has 2 aromatic carbocycles. The van der Waals surface area contributed by atoms with Crippen molar-refractivity contribution in [3.8, 4) is 6.01 Å². The molecule has 0 unspecified atom stereocenters. The normalized spacial score (nSPS) is 14.0. The predicted octanol–water partition coefficient (Wildman–Crippen LogP) is 5.07. The zero-order valence-corrected chi connectivity index (χ0v) is 26.5. The molecule has 12 nitrogen and oxygen atoms in total. The second-order valence-electron chi connectivity index (χ2n) is 10.9. The highest BCUT2D eigenvalue weighted by molar-refractivity contribution is 7.90. The van der Waals surface area contributed by atoms with Gasteiger partial charge in [-0.3, -0.25) is 14.3 Å². The molecular weight excluding hydrogens is 651 g/mol. The van der Waals surface area contributed by atoms with Crippen molar-refractivity contribution < 1.29 is 35.9 Å². The van der Waals surface area contributed by atoms with E-state index in [9.17, 15) is 31.2 Å². The largest absolute Gasteiger partial charge is 0.454 e. The Hall–Kier alpha value is -4.18. The molecule has 0 radical (unpaired) electrons. The lowest BCUT2D eigenvalue weighted by Crippen LogP contribution is -2.35. The first-order chi connectivity index (χ1) is 21.6. The Morgan fingerprint density at radius 3 is 2.24 bits per heavy atom. The summed E-state index contributed by atoms with van der Waals surface area (Å²) < 4.78 is 68.9. The number of alkyl halides is 3. The minimum absolute atomic E-state index is 0.00156. The average Bonchev–Trinajstić information content (AvgIpc) is 3.76. The monoisotopic (exact) mass is 683 g/mol. The molecule has 4 N–H and O–H groups in total. The van der Waals surface area contributed by atoms with Crippen LogP contribution in [0.15, 0.2) is 48.5 Å². The fraction of sp³-hybridized carbons (Fsp3) is 0.414. The van der Waals surface area contributed by atoms with E-state index in [1.807, 2.05) is 16.9 Å². The molecule has 2 amide bonds. The SMILES string of the molecule is CC(C)S(=O)(=O)NC(=O)CCCCNC(=O)c1ccc(Nc2nc(NC3(c4ccc(Cl)cc4)CC3)nc(OCC(F)(F)F)n2)cc1. The summed E-state index contributed by atoms with van der Waals surface area (Å²) in [5.74, 6) is -1.04. The number of amides is 2. The van der Waals surface area contributed by atoms with E-state index >= 15 is 0 Å². The quantitative estimate of drug-likeness (QED) is 0.159. The number of anilines is 3. The predicted molar refractivity (Wildman–Crippen MR) is 165 cm³/mol. The maximum absolute atomic E-state index is 12.8. The lowest BCUT2D eigenvalue weighted by Gasteiger charge is -2.19. The molecule has 0 bridgehead atoms. The van der Waals surface area contributed by atoms with E-state index < -0.39 is 45.5 Å². The van der Waals surface area contributed by atoms with E-state index in [0.29, 0.717) is 29.1 Å². The van der Waals surface area contributed by atoms with Crippen molar-refractivity contribution in [2.45, 2.75) is 62.9 Å². The maximum Gasteiger partial charge on any atom is 0.422 e. The lowest BCUT2D eigenvalue weighted by molar-refractivity contribution is -0.154. The van der Waals surface area contributed by atoms with Crippen LogP contribution < -0.4 is 25.4 Å². The zero-order valence-electron chi connectivity index (χ0n) is 24.9. The van der Waals surface area contributed by atoms with Crippen molar-refractivity contribution in [3.05, 3.63) is 64.7 Å². The molecule has 1 saturated carbocycles. The Kier molecular flexibility index (Phi) is 10.9. The topological polar surface area (TPSA) is 164 Å². The molecule has 0 spiro atoms. The molecule has 248 valence electrons. The molecule has 3 aromatic rings. The highest BCUT2D eigenvalue weighted by atomic mass is 35.5. The number of aromatic nitrogens is 3. The molecule has 1 fully saturated rings. The highest BCUT2D eigenvalue weighted by Gasteiger charge is 2.45. The number of hydrogen-bond acceptors (Lipinski definition) is 10. The van der Waals surface area contributed by atoms with Gasteiger partial charge in [-0.2, -0.15) is 28.1 Å². The van der Waals surface area contributed by atoms with Crippen molar-refractivity contribution in [1.29, 1.82) is 0 Å². The smallest absolute Gasteiger partial charge is 0.422 e. The summed E-state index contributed by atoms with van der Waals surface area (Å²) in [6.45, 7) is 1.61. The fourth-order valence-electron chi connectivity index (χ4n) is 4.15. The molecule has 4 rings (SSSR count). The van der Waals surface area contributed by atoms with E-state index in [2.05, 4.69) is 30.9 Å². The van der Waals surface area contributed by atoms with E-state index in [0.717, 1.165) is 18.4 Å². The third-order valence-corrected chi connectivity index (χ3v) is 8.88. The van der Waals surface area contributed by atoms with Gasteiger partial charge in [0.1, 0.15) is 0 Å². The summed E-state index contributed by atoms with van der Waals surface area (Å²) in [5.41, 5.74) is 1.18. The number of hydrogen-bond donors (Lipinski definition) is 4. The number of rotatable bonds is 15. The summed E-state index contributed by atoms with van der Waals surface area (Å²) in [5, 5.41) is 8.67. The molecule has 1 aliphatic rings. The van der Waals surface area contributed by atoms with Crippen LogP contribution in [0.4, 0.5) is 30.8 Å². The minimum Gasteiger partial charge on any atom is -0.454 e. The molecule has 1 aromatic heterocycles. The van der Waals surface area contributed by atoms with Gasteiger partial charge in [-0.15, -0.1) is 0 Å². The van der Waals surface area contributed by atoms with Crippen LogP contribution in [-0.4, -0.2) is 59.8 Å². The van der Waals surface area contributed by atoms with Crippen molar-refractivity contribution in [2.24, 2.45) is 0 Å². The number of nitrogens with one attached hydrogen (secondary N) is 4. The van der Waals surface area contributed by atoms with Crippen molar-refractivity contribution in [3.63, 3.8) is 0 Å². The number of unbranched alkanes of at least 4 members (excludes halogenated alkanes) is 1. The van der Waals surface area contributed by atoms with Gasteiger partial charge in [0.15, 0.2) is 6.61 Å². The first-order valence-electron chi connectivity index (χ1n) is 14.3. The molecule has 0 atom stereocenters. The summed E-state index contributed by atoms with van der Waals surface area (Å²) in [4.78, 5) is 36.7. The van der Waals surface area contributed by atoms with Crippen LogP contribution in [0, 0.1) is 0 Å². The van der Waals surface area contributed by atoms with E-state index in [4.69, 9.17) is 16.3 Å². The highest BCUT2D eigenvalue weighted by Crippen LogP contribution is 2.48. The first-order valence-corrected chi connectivity index (χ1v) is 16.3. The van der Waals surface area contributed by atoms with Gasteiger partial charge in [0.05, 0.1) is 10.8 Å². The van der Waals surface area contributed by atoms with Crippen LogP contribution >= 0.6 is 11.6 Å². The van der Waals surface area contributed by atoms with E-state index in [1.165, 1.54) is 26.0 Å². The number of benzene rings is 2. The first kappa shape index (κ1) is 34.7.